The summed E-state index contributed by atoms with van der Waals surface area (Å²) in [7, 11) is -3.67. The van der Waals surface area contributed by atoms with Crippen LogP contribution in [-0.4, -0.2) is 35.3 Å². The number of nitrogens with zero attached hydrogens (tertiary/aromatic N) is 1. The van der Waals surface area contributed by atoms with Crippen LogP contribution >= 0.6 is 0 Å². The lowest BCUT2D eigenvalue weighted by molar-refractivity contribution is -0.392. The summed E-state index contributed by atoms with van der Waals surface area (Å²) >= 11 is 0. The summed E-state index contributed by atoms with van der Waals surface area (Å²) in [5.41, 5.74) is 0. The molecular formula is C2H5NO7S. The number of nitro groups is 1. The molecule has 0 aromatic rings. The third kappa shape index (κ3) is 52.2. The maximum absolute atomic E-state index is 9.19. The first kappa shape index (κ1) is 12.5. The highest BCUT2D eigenvalue weighted by molar-refractivity contribution is 7.85. The van der Waals surface area contributed by atoms with Crippen molar-refractivity contribution in [1.29, 1.82) is 0 Å². The molecule has 66 valence electrons. The van der Waals surface area contributed by atoms with Crippen molar-refractivity contribution in [2.45, 2.75) is 0 Å². The van der Waals surface area contributed by atoms with Gasteiger partial charge in [0.1, 0.15) is 4.92 Å². The van der Waals surface area contributed by atoms with Crippen molar-refractivity contribution in [3.8, 4) is 0 Å². The van der Waals surface area contributed by atoms with E-state index in [-0.39, 0.29) is 0 Å². The molecule has 0 aliphatic carbocycles. The molecule has 0 atom stereocenters. The van der Waals surface area contributed by atoms with Gasteiger partial charge >= 0.3 is 6.09 Å². The average Bonchev–Trinajstić information content (AvgIpc) is 1.59. The Labute approximate surface area is 61.3 Å². The van der Waals surface area contributed by atoms with Crippen LogP contribution in [0.2, 0.25) is 0 Å². The lowest BCUT2D eigenvalue weighted by Gasteiger charge is -1.70. The molecule has 0 fully saturated rings. The van der Waals surface area contributed by atoms with E-state index in [2.05, 4.69) is 0 Å². The number of carboxylic acid groups (broad SMARTS) is 1. The largest absolute Gasteiger partial charge is 0.654 e. The molecule has 2 N–H and O–H groups in total. The van der Waals surface area contributed by atoms with Crippen LogP contribution in [0.15, 0.2) is 0 Å². The number of amides is 1. The van der Waals surface area contributed by atoms with Gasteiger partial charge in [0.05, 0.1) is 6.26 Å². The molecule has 0 radical (unpaired) electrons. The Morgan fingerprint density at radius 3 is 1.64 bits per heavy atom. The highest BCUT2D eigenvalue weighted by Crippen LogP contribution is 1.64. The minimum absolute atomic E-state index is 0.715. The van der Waals surface area contributed by atoms with Gasteiger partial charge in [0.25, 0.3) is 10.1 Å². The summed E-state index contributed by atoms with van der Waals surface area (Å²) in [6.07, 6.45) is -1.30. The third-order valence-corrected chi connectivity index (χ3v) is 0.156. The van der Waals surface area contributed by atoms with Gasteiger partial charge in [0.15, 0.2) is 0 Å². The average molecular weight is 187 g/mol. The number of hydrogen-bond acceptors (Lipinski definition) is 5. The summed E-state index contributed by atoms with van der Waals surface area (Å²) in [4.78, 5) is 16.5. The molecule has 11 heavy (non-hydrogen) atoms. The summed E-state index contributed by atoms with van der Waals surface area (Å²) in [6.45, 7) is 0. The van der Waals surface area contributed by atoms with Crippen LogP contribution in [0.25, 0.3) is 0 Å². The highest BCUT2D eigenvalue weighted by Gasteiger charge is 2.07. The van der Waals surface area contributed by atoms with Crippen molar-refractivity contribution in [1.82, 2.24) is 0 Å². The highest BCUT2D eigenvalue weighted by atomic mass is 32.2. The molecule has 0 unspecified atom stereocenters. The van der Waals surface area contributed by atoms with Crippen LogP contribution in [0.1, 0.15) is 0 Å². The number of rotatable bonds is 0. The number of carbonyl (C=O) groups is 1. The van der Waals surface area contributed by atoms with Crippen molar-refractivity contribution >= 4 is 16.2 Å². The van der Waals surface area contributed by atoms with Crippen molar-refractivity contribution in [3.05, 3.63) is 10.1 Å². The molecule has 0 aromatic carbocycles. The van der Waals surface area contributed by atoms with E-state index in [9.17, 15) is 8.42 Å². The van der Waals surface area contributed by atoms with Gasteiger partial charge in [-0.3, -0.25) is 14.7 Å². The van der Waals surface area contributed by atoms with Crippen molar-refractivity contribution in [2.75, 3.05) is 6.26 Å². The Hall–Kier alpha value is -1.22. The molecule has 0 aliphatic rings. The first-order chi connectivity index (χ1) is 4.64. The summed E-state index contributed by atoms with van der Waals surface area (Å²) in [5, 5.41) is 16.2. The predicted molar refractivity (Wildman–Crippen MR) is 32.5 cm³/mol. The lowest BCUT2D eigenvalue weighted by atomic mass is 11.3. The van der Waals surface area contributed by atoms with Crippen molar-refractivity contribution < 1.29 is 27.8 Å². The molecule has 1 amide bonds. The molecular weight excluding hydrogens is 182 g/mol. The molecule has 0 rings (SSSR count). The molecule has 0 aliphatic heterocycles. The van der Waals surface area contributed by atoms with E-state index in [1.54, 1.807) is 0 Å². The molecule has 9 heteroatoms. The van der Waals surface area contributed by atoms with Gasteiger partial charge < -0.3 is 5.11 Å². The maximum Gasteiger partial charge on any atom is 0.654 e. The van der Waals surface area contributed by atoms with Gasteiger partial charge in [0.2, 0.25) is 0 Å². The van der Waals surface area contributed by atoms with Crippen molar-refractivity contribution in [3.63, 3.8) is 0 Å². The first-order valence-corrected chi connectivity index (χ1v) is 3.79. The Bertz CT molecular complexity index is 219. The van der Waals surface area contributed by atoms with Crippen molar-refractivity contribution in [2.24, 2.45) is 0 Å². The second-order valence-corrected chi connectivity index (χ2v) is 2.74. The zero-order chi connectivity index (χ0) is 9.65. The van der Waals surface area contributed by atoms with Crippen LogP contribution in [0, 0.1) is 10.1 Å². The van der Waals surface area contributed by atoms with Crippen LogP contribution < -0.4 is 0 Å². The van der Waals surface area contributed by atoms with E-state index < -0.39 is 21.1 Å². The Morgan fingerprint density at radius 2 is 1.64 bits per heavy atom. The van der Waals surface area contributed by atoms with E-state index in [4.69, 9.17) is 24.6 Å². The smallest absolute Gasteiger partial charge is 0.423 e. The molecule has 0 bridgehead atoms. The molecule has 0 heterocycles. The Morgan fingerprint density at radius 1 is 1.55 bits per heavy atom. The van der Waals surface area contributed by atoms with E-state index in [0.717, 1.165) is 0 Å². The topological polar surface area (TPSA) is 135 Å². The third-order valence-electron chi connectivity index (χ3n) is 0.156. The summed E-state index contributed by atoms with van der Waals surface area (Å²) in [6, 6.07) is 0. The zero-order valence-corrected chi connectivity index (χ0v) is 6.11. The summed E-state index contributed by atoms with van der Waals surface area (Å²) < 4.78 is 25.9. The maximum atomic E-state index is 9.19. The van der Waals surface area contributed by atoms with Gasteiger partial charge in [-0.25, -0.2) is 0 Å². The lowest BCUT2D eigenvalue weighted by Crippen LogP contribution is -2.05. The van der Waals surface area contributed by atoms with Crippen LogP contribution in [0.4, 0.5) is 4.79 Å². The summed E-state index contributed by atoms with van der Waals surface area (Å²) in [5.74, 6) is 0. The predicted octanol–water partition coefficient (Wildman–Crippen LogP) is -0.555. The van der Waals surface area contributed by atoms with Gasteiger partial charge in [-0.2, -0.15) is 13.2 Å². The minimum atomic E-state index is -3.67. The first-order valence-electron chi connectivity index (χ1n) is 1.94. The Kier molecular flexibility index (Phi) is 5.18. The van der Waals surface area contributed by atoms with Crippen LogP contribution in [-0.2, 0) is 10.1 Å². The minimum Gasteiger partial charge on any atom is -0.423 e. The molecule has 0 spiro atoms. The fourth-order valence-electron chi connectivity index (χ4n) is 0. The molecule has 0 saturated heterocycles. The molecule has 8 nitrogen and oxygen atoms in total. The van der Waals surface area contributed by atoms with Crippen LogP contribution in [0.3, 0.4) is 0 Å². The standard InChI is InChI=1S/CHNO4.CH4O3S/c3-1(4)2(5)6;1-5(2,3)4/h(H,3,4);1H3,(H,2,3,4). The van der Waals surface area contributed by atoms with Gasteiger partial charge in [-0.15, -0.1) is 0 Å². The van der Waals surface area contributed by atoms with Gasteiger partial charge in [0, 0.05) is 0 Å². The zero-order valence-electron chi connectivity index (χ0n) is 5.29. The van der Waals surface area contributed by atoms with Gasteiger partial charge in [-0.05, 0) is 0 Å². The van der Waals surface area contributed by atoms with Gasteiger partial charge in [-0.1, -0.05) is 0 Å². The normalized spacial score (nSPS) is 9.27. The van der Waals surface area contributed by atoms with Crippen LogP contribution in [0.5, 0.6) is 0 Å². The second kappa shape index (κ2) is 4.57. The van der Waals surface area contributed by atoms with E-state index >= 15 is 0 Å². The van der Waals surface area contributed by atoms with E-state index in [0.29, 0.717) is 6.26 Å². The second-order valence-electron chi connectivity index (χ2n) is 1.27. The Balaban J connectivity index is 0. The quantitative estimate of drug-likeness (QED) is 0.295. The fraction of sp³-hybridized carbons (Fsp3) is 0.500. The molecule has 0 saturated carbocycles. The fourth-order valence-corrected chi connectivity index (χ4v) is 0. The van der Waals surface area contributed by atoms with E-state index in [1.807, 2.05) is 0 Å². The number of hydrogen-bond donors (Lipinski definition) is 2. The monoisotopic (exact) mass is 187 g/mol. The molecule has 0 aromatic heterocycles. The SMILES string of the molecule is CS(=O)(=O)O.O=C(O)[N+](=O)[O-]. The van der Waals surface area contributed by atoms with E-state index in [1.165, 1.54) is 0 Å².